The van der Waals surface area contributed by atoms with Crippen LogP contribution in [0, 0.1) is 0 Å². The van der Waals surface area contributed by atoms with Crippen LogP contribution in [0.25, 0.3) is 11.6 Å². The van der Waals surface area contributed by atoms with Gasteiger partial charge in [0.1, 0.15) is 23.0 Å². The lowest BCUT2D eigenvalue weighted by Crippen LogP contribution is -2.15. The minimum absolute atomic E-state index is 0.114. The summed E-state index contributed by atoms with van der Waals surface area (Å²) in [5.41, 5.74) is 1.01. The molecule has 170 valence electrons. The first-order valence-electron chi connectivity index (χ1n) is 9.49. The maximum Gasteiger partial charge on any atom is 0.339 e. The Kier molecular flexibility index (Phi) is 8.29. The summed E-state index contributed by atoms with van der Waals surface area (Å²) in [6.07, 6.45) is 1.36. The van der Waals surface area contributed by atoms with Gasteiger partial charge in [-0.2, -0.15) is 0 Å². The number of hydrogen-bond acceptors (Lipinski definition) is 7. The normalized spacial score (nSPS) is 11.9. The molecule has 32 heavy (non-hydrogen) atoms. The van der Waals surface area contributed by atoms with E-state index in [1.54, 1.807) is 43.3 Å². The number of allylic oxidation sites excluding steroid dienone is 1. The highest BCUT2D eigenvalue weighted by Crippen LogP contribution is 2.32. The molecule has 0 saturated carbocycles. The molecule has 0 unspecified atom stereocenters. The molecule has 2 aromatic carbocycles. The Morgan fingerprint density at radius 1 is 0.750 bits per heavy atom. The van der Waals surface area contributed by atoms with Gasteiger partial charge >= 0.3 is 11.9 Å². The van der Waals surface area contributed by atoms with Gasteiger partial charge in [0.05, 0.1) is 46.7 Å². The molecule has 0 aliphatic carbocycles. The smallest absolute Gasteiger partial charge is 0.339 e. The average Bonchev–Trinajstić information content (AvgIpc) is 2.82. The molecular weight excluding hydrogens is 416 g/mol. The monoisotopic (exact) mass is 442 g/mol. The molecule has 0 aliphatic rings. The number of rotatable bonds is 9. The van der Waals surface area contributed by atoms with E-state index in [0.29, 0.717) is 39.7 Å². The van der Waals surface area contributed by atoms with E-state index in [4.69, 9.17) is 23.7 Å². The predicted molar refractivity (Wildman–Crippen MR) is 119 cm³/mol. The first-order valence-corrected chi connectivity index (χ1v) is 9.49. The number of carboxylic acids is 1. The van der Waals surface area contributed by atoms with Crippen molar-refractivity contribution in [3.8, 4) is 23.0 Å². The Hall–Kier alpha value is -3.94. The number of ether oxygens (including phenoxy) is 5. The Bertz CT molecular complexity index is 1020. The molecule has 1 N–H and O–H groups in total. The second-order valence-electron chi connectivity index (χ2n) is 6.60. The second-order valence-corrected chi connectivity index (χ2v) is 6.60. The van der Waals surface area contributed by atoms with Gasteiger partial charge in [-0.15, -0.1) is 0 Å². The summed E-state index contributed by atoms with van der Waals surface area (Å²) >= 11 is 0. The number of carbonyl (C=O) groups is 2. The van der Waals surface area contributed by atoms with Gasteiger partial charge in [0.25, 0.3) is 0 Å². The lowest BCUT2D eigenvalue weighted by molar-refractivity contribution is -0.138. The van der Waals surface area contributed by atoms with Crippen molar-refractivity contribution in [2.45, 2.75) is 6.92 Å². The zero-order valence-corrected chi connectivity index (χ0v) is 18.8. The van der Waals surface area contributed by atoms with E-state index in [2.05, 4.69) is 0 Å². The third-order valence-electron chi connectivity index (χ3n) is 4.73. The third kappa shape index (κ3) is 5.60. The average molecular weight is 442 g/mol. The van der Waals surface area contributed by atoms with Gasteiger partial charge in [-0.25, -0.2) is 9.59 Å². The molecule has 0 spiro atoms. The van der Waals surface area contributed by atoms with Crippen LogP contribution < -0.4 is 18.9 Å². The molecule has 2 aromatic rings. The van der Waals surface area contributed by atoms with Crippen LogP contribution in [0.1, 0.15) is 18.1 Å². The van der Waals surface area contributed by atoms with E-state index >= 15 is 0 Å². The molecule has 0 atom stereocenters. The van der Waals surface area contributed by atoms with Crippen molar-refractivity contribution < 1.29 is 38.4 Å². The van der Waals surface area contributed by atoms with Gasteiger partial charge in [0.15, 0.2) is 0 Å². The largest absolute Gasteiger partial charge is 0.497 e. The molecule has 0 radical (unpaired) electrons. The van der Waals surface area contributed by atoms with Crippen molar-refractivity contribution in [2.24, 2.45) is 0 Å². The number of aliphatic carboxylic acids is 1. The molecule has 0 aliphatic heterocycles. The van der Waals surface area contributed by atoms with Crippen molar-refractivity contribution in [1.29, 1.82) is 0 Å². The number of benzene rings is 2. The lowest BCUT2D eigenvalue weighted by atomic mass is 9.93. The summed E-state index contributed by atoms with van der Waals surface area (Å²) in [4.78, 5) is 25.0. The van der Waals surface area contributed by atoms with Crippen LogP contribution >= 0.6 is 0 Å². The molecule has 0 heterocycles. The van der Waals surface area contributed by atoms with Crippen LogP contribution in [0.5, 0.6) is 23.0 Å². The van der Waals surface area contributed by atoms with Crippen molar-refractivity contribution >= 4 is 23.6 Å². The van der Waals surface area contributed by atoms with Crippen LogP contribution in [0.2, 0.25) is 0 Å². The number of methoxy groups -OCH3 is 5. The molecule has 0 amide bonds. The van der Waals surface area contributed by atoms with Crippen LogP contribution in [-0.2, 0) is 14.3 Å². The summed E-state index contributed by atoms with van der Waals surface area (Å²) in [5, 5.41) is 9.98. The Morgan fingerprint density at radius 3 is 1.56 bits per heavy atom. The van der Waals surface area contributed by atoms with Gasteiger partial charge in [-0.3, -0.25) is 0 Å². The number of esters is 1. The number of hydrogen-bond donors (Lipinski definition) is 1. The third-order valence-corrected chi connectivity index (χ3v) is 4.73. The van der Waals surface area contributed by atoms with Crippen molar-refractivity contribution in [3.05, 3.63) is 58.7 Å². The SMILES string of the molecule is COC(=O)C(C(=Cc1cc(OC)cc(OC)c1)C(=O)O)=C(C)c1cc(OC)cc(OC)c1. The highest BCUT2D eigenvalue weighted by atomic mass is 16.5. The predicted octanol–water partition coefficient (Wildman–Crippen LogP) is 3.84. The van der Waals surface area contributed by atoms with E-state index < -0.39 is 11.9 Å². The minimum Gasteiger partial charge on any atom is -0.497 e. The highest BCUT2D eigenvalue weighted by molar-refractivity contribution is 6.14. The first-order chi connectivity index (χ1) is 15.3. The first kappa shape index (κ1) is 24.3. The summed E-state index contributed by atoms with van der Waals surface area (Å²) in [6.45, 7) is 1.63. The van der Waals surface area contributed by atoms with Gasteiger partial charge < -0.3 is 28.8 Å². The second kappa shape index (κ2) is 10.9. The van der Waals surface area contributed by atoms with Crippen molar-refractivity contribution in [2.75, 3.05) is 35.5 Å². The fraction of sp³-hybridized carbons (Fsp3) is 0.250. The Morgan fingerprint density at radius 2 is 1.19 bits per heavy atom. The maximum atomic E-state index is 12.7. The van der Waals surface area contributed by atoms with Gasteiger partial charge in [-0.1, -0.05) is 0 Å². The van der Waals surface area contributed by atoms with E-state index in [0.717, 1.165) is 0 Å². The van der Waals surface area contributed by atoms with E-state index in [-0.39, 0.29) is 11.1 Å². The molecule has 0 aromatic heterocycles. The van der Waals surface area contributed by atoms with Crippen molar-refractivity contribution in [1.82, 2.24) is 0 Å². The molecule has 0 saturated heterocycles. The van der Waals surface area contributed by atoms with Crippen LogP contribution in [-0.4, -0.2) is 52.6 Å². The zero-order chi connectivity index (χ0) is 23.8. The van der Waals surface area contributed by atoms with E-state index in [1.807, 2.05) is 0 Å². The van der Waals surface area contributed by atoms with Gasteiger partial charge in [0, 0.05) is 12.1 Å². The molecule has 8 heteroatoms. The summed E-state index contributed by atoms with van der Waals surface area (Å²) in [6, 6.07) is 9.94. The van der Waals surface area contributed by atoms with Gasteiger partial charge in [-0.05, 0) is 54.0 Å². The molecule has 0 fully saturated rings. The molecule has 2 rings (SSSR count). The minimum atomic E-state index is -1.30. The molecule has 8 nitrogen and oxygen atoms in total. The van der Waals surface area contributed by atoms with Crippen LogP contribution in [0.3, 0.4) is 0 Å². The fourth-order valence-electron chi connectivity index (χ4n) is 3.06. The summed E-state index contributed by atoms with van der Waals surface area (Å²) in [7, 11) is 7.16. The summed E-state index contributed by atoms with van der Waals surface area (Å²) in [5.74, 6) is -0.187. The van der Waals surface area contributed by atoms with Gasteiger partial charge in [0.2, 0.25) is 0 Å². The topological polar surface area (TPSA) is 101 Å². The lowest BCUT2D eigenvalue weighted by Gasteiger charge is -2.14. The number of carboxylic acid groups (broad SMARTS) is 1. The van der Waals surface area contributed by atoms with E-state index in [1.165, 1.54) is 41.6 Å². The Balaban J connectivity index is 2.80. The quantitative estimate of drug-likeness (QED) is 0.355. The fourth-order valence-corrected chi connectivity index (χ4v) is 3.06. The van der Waals surface area contributed by atoms with Crippen molar-refractivity contribution in [3.63, 3.8) is 0 Å². The standard InChI is InChI=1S/C24H26O8/c1-14(16-10-19(30-4)13-20(11-16)31-5)22(24(27)32-6)21(23(25)26)9-15-7-17(28-2)12-18(8-15)29-3/h7-13H,1-6H3,(H,25,26). The van der Waals surface area contributed by atoms with Crippen LogP contribution in [0.4, 0.5) is 0 Å². The maximum absolute atomic E-state index is 12.7. The Labute approximate surface area is 186 Å². The zero-order valence-electron chi connectivity index (χ0n) is 18.8. The highest BCUT2D eigenvalue weighted by Gasteiger charge is 2.25. The summed E-state index contributed by atoms with van der Waals surface area (Å²) < 4.78 is 26.0. The van der Waals surface area contributed by atoms with Crippen LogP contribution in [0.15, 0.2) is 47.5 Å². The van der Waals surface area contributed by atoms with E-state index in [9.17, 15) is 14.7 Å². The molecule has 0 bridgehead atoms. The number of carbonyl (C=O) groups excluding carboxylic acids is 1. The molecular formula is C24H26O8.